The zero-order chi connectivity index (χ0) is 11.0. The molecular weight excluding hydrogens is 178 g/mol. The number of ether oxygens (including phenoxy) is 1. The summed E-state index contributed by atoms with van der Waals surface area (Å²) in [5.41, 5.74) is 0. The monoisotopic (exact) mass is 199 g/mol. The summed E-state index contributed by atoms with van der Waals surface area (Å²) in [6.07, 6.45) is 1.59. The molecule has 1 aromatic heterocycles. The minimum atomic E-state index is 0.421. The van der Waals surface area contributed by atoms with Gasteiger partial charge in [-0.05, 0) is 0 Å². The SMILES string of the molecule is CC.COCCn1ncnc1C(C)C. The van der Waals surface area contributed by atoms with Crippen LogP contribution in [0, 0.1) is 0 Å². The maximum atomic E-state index is 4.96. The summed E-state index contributed by atoms with van der Waals surface area (Å²) in [5, 5.41) is 4.10. The van der Waals surface area contributed by atoms with E-state index in [-0.39, 0.29) is 0 Å². The third-order valence-corrected chi connectivity index (χ3v) is 1.67. The van der Waals surface area contributed by atoms with Gasteiger partial charge in [-0.25, -0.2) is 9.67 Å². The van der Waals surface area contributed by atoms with Crippen LogP contribution in [-0.4, -0.2) is 28.5 Å². The molecule has 0 aliphatic heterocycles. The maximum Gasteiger partial charge on any atom is 0.138 e. The predicted octanol–water partition coefficient (Wildman–Crippen LogP) is 2.07. The van der Waals surface area contributed by atoms with E-state index in [1.54, 1.807) is 13.4 Å². The Morgan fingerprint density at radius 2 is 2.07 bits per heavy atom. The van der Waals surface area contributed by atoms with Crippen LogP contribution in [-0.2, 0) is 11.3 Å². The van der Waals surface area contributed by atoms with Gasteiger partial charge in [-0.1, -0.05) is 27.7 Å². The minimum Gasteiger partial charge on any atom is -0.383 e. The Morgan fingerprint density at radius 3 is 2.57 bits per heavy atom. The van der Waals surface area contributed by atoms with Crippen molar-refractivity contribution in [2.24, 2.45) is 0 Å². The van der Waals surface area contributed by atoms with E-state index in [9.17, 15) is 0 Å². The number of hydrogen-bond donors (Lipinski definition) is 0. The van der Waals surface area contributed by atoms with E-state index < -0.39 is 0 Å². The van der Waals surface area contributed by atoms with Gasteiger partial charge in [0, 0.05) is 13.0 Å². The summed E-state index contributed by atoms with van der Waals surface area (Å²) >= 11 is 0. The number of nitrogens with zero attached hydrogens (tertiary/aromatic N) is 3. The van der Waals surface area contributed by atoms with E-state index in [0.29, 0.717) is 12.5 Å². The van der Waals surface area contributed by atoms with Crippen LogP contribution in [0.15, 0.2) is 6.33 Å². The fourth-order valence-corrected chi connectivity index (χ4v) is 1.07. The first kappa shape index (κ1) is 13.1. The summed E-state index contributed by atoms with van der Waals surface area (Å²) in [7, 11) is 1.69. The number of rotatable bonds is 4. The van der Waals surface area contributed by atoms with Gasteiger partial charge >= 0.3 is 0 Å². The number of methoxy groups -OCH3 is 1. The molecule has 1 aromatic rings. The van der Waals surface area contributed by atoms with Gasteiger partial charge in [0.05, 0.1) is 13.2 Å². The molecule has 0 aromatic carbocycles. The molecule has 0 saturated carbocycles. The van der Waals surface area contributed by atoms with Crippen LogP contribution in [0.5, 0.6) is 0 Å². The molecule has 0 aliphatic rings. The lowest BCUT2D eigenvalue weighted by atomic mass is 10.2. The van der Waals surface area contributed by atoms with Crippen molar-refractivity contribution in [3.05, 3.63) is 12.2 Å². The molecule has 0 atom stereocenters. The highest BCUT2D eigenvalue weighted by atomic mass is 16.5. The maximum absolute atomic E-state index is 4.96. The third kappa shape index (κ3) is 3.87. The lowest BCUT2D eigenvalue weighted by Gasteiger charge is -2.06. The lowest BCUT2D eigenvalue weighted by molar-refractivity contribution is 0.182. The van der Waals surface area contributed by atoms with Crippen LogP contribution >= 0.6 is 0 Å². The first-order valence-electron chi connectivity index (χ1n) is 5.12. The highest BCUT2D eigenvalue weighted by molar-refractivity contribution is 4.90. The molecule has 0 amide bonds. The van der Waals surface area contributed by atoms with Gasteiger partial charge in [-0.3, -0.25) is 0 Å². The van der Waals surface area contributed by atoms with Crippen molar-refractivity contribution in [3.8, 4) is 0 Å². The van der Waals surface area contributed by atoms with E-state index in [1.165, 1.54) is 0 Å². The van der Waals surface area contributed by atoms with E-state index in [1.807, 2.05) is 18.5 Å². The van der Waals surface area contributed by atoms with Crippen LogP contribution in [0.3, 0.4) is 0 Å². The minimum absolute atomic E-state index is 0.421. The van der Waals surface area contributed by atoms with Gasteiger partial charge in [0.15, 0.2) is 0 Å². The average Bonchev–Trinajstić information content (AvgIpc) is 2.66. The van der Waals surface area contributed by atoms with Crippen LogP contribution in [0.1, 0.15) is 39.4 Å². The zero-order valence-corrected chi connectivity index (χ0v) is 9.82. The van der Waals surface area contributed by atoms with E-state index >= 15 is 0 Å². The van der Waals surface area contributed by atoms with E-state index in [2.05, 4.69) is 23.9 Å². The first-order chi connectivity index (χ1) is 6.75. The molecule has 0 unspecified atom stereocenters. The van der Waals surface area contributed by atoms with Crippen molar-refractivity contribution < 1.29 is 4.74 Å². The molecular formula is C10H21N3O. The second-order valence-corrected chi connectivity index (χ2v) is 2.99. The molecule has 0 N–H and O–H groups in total. The Bertz CT molecular complexity index is 233. The summed E-state index contributed by atoms with van der Waals surface area (Å²) in [5.74, 6) is 1.44. The molecule has 0 spiro atoms. The lowest BCUT2D eigenvalue weighted by Crippen LogP contribution is -2.10. The molecule has 1 heterocycles. The van der Waals surface area contributed by atoms with Crippen molar-refractivity contribution in [2.45, 2.75) is 40.2 Å². The second kappa shape index (κ2) is 7.50. The quantitative estimate of drug-likeness (QED) is 0.745. The molecule has 4 heteroatoms. The van der Waals surface area contributed by atoms with Crippen LogP contribution in [0.4, 0.5) is 0 Å². The molecule has 14 heavy (non-hydrogen) atoms. The average molecular weight is 199 g/mol. The van der Waals surface area contributed by atoms with Crippen molar-refractivity contribution in [1.82, 2.24) is 14.8 Å². The summed E-state index contributed by atoms with van der Waals surface area (Å²) < 4.78 is 6.84. The third-order valence-electron chi connectivity index (χ3n) is 1.67. The van der Waals surface area contributed by atoms with Crippen LogP contribution < -0.4 is 0 Å². The van der Waals surface area contributed by atoms with Gasteiger partial charge < -0.3 is 4.74 Å². The van der Waals surface area contributed by atoms with Crippen LogP contribution in [0.2, 0.25) is 0 Å². The van der Waals surface area contributed by atoms with Gasteiger partial charge in [0.1, 0.15) is 12.2 Å². The molecule has 0 radical (unpaired) electrons. The van der Waals surface area contributed by atoms with Crippen molar-refractivity contribution in [3.63, 3.8) is 0 Å². The van der Waals surface area contributed by atoms with Crippen molar-refractivity contribution in [2.75, 3.05) is 13.7 Å². The highest BCUT2D eigenvalue weighted by Crippen LogP contribution is 2.09. The van der Waals surface area contributed by atoms with Crippen molar-refractivity contribution in [1.29, 1.82) is 0 Å². The standard InChI is InChI=1S/C8H15N3O.C2H6/c1-7(2)8-9-6-10-11(8)4-5-12-3;1-2/h6-7H,4-5H2,1-3H3;1-2H3. The van der Waals surface area contributed by atoms with Crippen molar-refractivity contribution >= 4 is 0 Å². The van der Waals surface area contributed by atoms with E-state index in [0.717, 1.165) is 12.4 Å². The predicted molar refractivity (Wildman–Crippen MR) is 57.3 cm³/mol. The fraction of sp³-hybridized carbons (Fsp3) is 0.800. The Morgan fingerprint density at radius 1 is 1.43 bits per heavy atom. The smallest absolute Gasteiger partial charge is 0.138 e. The largest absolute Gasteiger partial charge is 0.383 e. The molecule has 1 rings (SSSR count). The van der Waals surface area contributed by atoms with Crippen LogP contribution in [0.25, 0.3) is 0 Å². The Balaban J connectivity index is 0.000000791. The molecule has 4 nitrogen and oxygen atoms in total. The molecule has 82 valence electrons. The second-order valence-electron chi connectivity index (χ2n) is 2.99. The molecule has 0 bridgehead atoms. The Hall–Kier alpha value is -0.900. The van der Waals surface area contributed by atoms with Gasteiger partial charge in [-0.15, -0.1) is 0 Å². The Kier molecular flexibility index (Phi) is 7.02. The zero-order valence-electron chi connectivity index (χ0n) is 9.82. The number of aromatic nitrogens is 3. The van der Waals surface area contributed by atoms with E-state index in [4.69, 9.17) is 4.74 Å². The summed E-state index contributed by atoms with van der Waals surface area (Å²) in [6, 6.07) is 0. The van der Waals surface area contributed by atoms with Gasteiger partial charge in [-0.2, -0.15) is 5.10 Å². The summed E-state index contributed by atoms with van der Waals surface area (Å²) in [6.45, 7) is 9.67. The van der Waals surface area contributed by atoms with Gasteiger partial charge in [0.2, 0.25) is 0 Å². The van der Waals surface area contributed by atoms with Gasteiger partial charge in [0.25, 0.3) is 0 Å². The summed E-state index contributed by atoms with van der Waals surface area (Å²) in [4.78, 5) is 4.16. The fourth-order valence-electron chi connectivity index (χ4n) is 1.07. The molecule has 0 fully saturated rings. The Labute approximate surface area is 86.3 Å². The normalized spacial score (nSPS) is 9.86. The highest BCUT2D eigenvalue weighted by Gasteiger charge is 2.06. The first-order valence-corrected chi connectivity index (χ1v) is 5.12. The molecule has 0 aliphatic carbocycles. The molecule has 0 saturated heterocycles. The number of hydrogen-bond acceptors (Lipinski definition) is 3. The topological polar surface area (TPSA) is 39.9 Å².